The summed E-state index contributed by atoms with van der Waals surface area (Å²) in [4.78, 5) is 30.6. The molecule has 0 aliphatic carbocycles. The number of carboxylic acid groups (broad SMARTS) is 1. The zero-order valence-electron chi connectivity index (χ0n) is 30.8. The van der Waals surface area contributed by atoms with Gasteiger partial charge in [-0.3, -0.25) is 9.80 Å². The molecule has 4 aromatic carbocycles. The summed E-state index contributed by atoms with van der Waals surface area (Å²) in [5.74, 6) is -1.26. The number of pyridine rings is 1. The third kappa shape index (κ3) is 8.11. The van der Waals surface area contributed by atoms with Crippen molar-refractivity contribution >= 4 is 41.0 Å². The molecule has 4 heterocycles. The first-order valence-electron chi connectivity index (χ1n) is 18.2. The van der Waals surface area contributed by atoms with Crippen molar-refractivity contribution in [1.82, 2.24) is 4.90 Å². The minimum Gasteiger partial charge on any atom is -0.619 e. The first kappa shape index (κ1) is 38.9. The fraction of sp³-hybridized carbons (Fsp3) is 0.279. The van der Waals surface area contributed by atoms with Crippen LogP contribution in [0.1, 0.15) is 51.4 Å². The van der Waals surface area contributed by atoms with E-state index < -0.39 is 23.8 Å². The van der Waals surface area contributed by atoms with Gasteiger partial charge in [0.2, 0.25) is 0 Å². The van der Waals surface area contributed by atoms with Gasteiger partial charge in [0.1, 0.15) is 22.0 Å². The third-order valence-corrected chi connectivity index (χ3v) is 11.4. The standard InChI is InChI=1S/C43H40Cl2FN3O7/c1-54-38-14-13-29(20-39(38)55-2)32(21-33-34(44)23-48(53)24-35(33)45)41-30(9-6-10-31(41)42(50)51)28-8-5-7-26(19-28)22-49(37-12-4-3-11-36(37)46)43(52)56-40-25-47-17-15-27(40)16-18-47/h3-14,19-20,23-24,27,32,40H,15-18,21-22,25H2,1-2H3,(H,50,51)/t32-,40-/m0/s1. The molecule has 3 saturated heterocycles. The van der Waals surface area contributed by atoms with Gasteiger partial charge >= 0.3 is 12.1 Å². The highest BCUT2D eigenvalue weighted by Gasteiger charge is 2.38. The van der Waals surface area contributed by atoms with Crippen molar-refractivity contribution in [1.29, 1.82) is 0 Å². The summed E-state index contributed by atoms with van der Waals surface area (Å²) in [6.45, 7) is 2.58. The van der Waals surface area contributed by atoms with Crippen molar-refractivity contribution in [3.63, 3.8) is 0 Å². The maximum atomic E-state index is 15.4. The molecule has 13 heteroatoms. The number of benzene rings is 4. The number of aromatic carboxylic acids is 1. The van der Waals surface area contributed by atoms with Crippen LogP contribution in [0.5, 0.6) is 11.5 Å². The van der Waals surface area contributed by atoms with Crippen LogP contribution in [-0.4, -0.2) is 62.0 Å². The molecule has 1 N–H and O–H groups in total. The topological polar surface area (TPSA) is 115 Å². The Morgan fingerprint density at radius 2 is 1.66 bits per heavy atom. The summed E-state index contributed by atoms with van der Waals surface area (Å²) in [5, 5.41) is 23.1. The normalized spacial score (nSPS) is 17.9. The number of ether oxygens (including phenoxy) is 3. The highest BCUT2D eigenvalue weighted by molar-refractivity contribution is 6.35. The minimum absolute atomic E-state index is 0.0216. The molecule has 3 aliphatic heterocycles. The number of amides is 1. The summed E-state index contributed by atoms with van der Waals surface area (Å²) < 4.78 is 33.1. The number of rotatable bonds is 12. The molecule has 1 amide bonds. The lowest BCUT2D eigenvalue weighted by molar-refractivity contribution is -0.605. The summed E-state index contributed by atoms with van der Waals surface area (Å²) in [5.41, 5.74) is 3.56. The molecule has 8 rings (SSSR count). The molecule has 290 valence electrons. The quantitative estimate of drug-likeness (QED) is 0.0985. The Morgan fingerprint density at radius 1 is 0.946 bits per heavy atom. The fourth-order valence-corrected chi connectivity index (χ4v) is 8.54. The third-order valence-electron chi connectivity index (χ3n) is 10.8. The van der Waals surface area contributed by atoms with E-state index in [1.807, 2.05) is 36.4 Å². The molecule has 0 saturated carbocycles. The smallest absolute Gasteiger partial charge is 0.415 e. The highest BCUT2D eigenvalue weighted by Crippen LogP contribution is 2.43. The van der Waals surface area contributed by atoms with Crippen molar-refractivity contribution in [2.24, 2.45) is 5.92 Å². The Kier molecular flexibility index (Phi) is 11.7. The van der Waals surface area contributed by atoms with Crippen LogP contribution < -0.4 is 19.1 Å². The van der Waals surface area contributed by atoms with Crippen molar-refractivity contribution < 1.29 is 38.0 Å². The van der Waals surface area contributed by atoms with Gasteiger partial charge < -0.3 is 24.5 Å². The van der Waals surface area contributed by atoms with E-state index >= 15 is 4.39 Å². The molecular formula is C43H40Cl2FN3O7. The second kappa shape index (κ2) is 16.8. The Hall–Kier alpha value is -5.36. The van der Waals surface area contributed by atoms with Crippen LogP contribution in [0.15, 0.2) is 97.3 Å². The largest absolute Gasteiger partial charge is 0.619 e. The van der Waals surface area contributed by atoms with E-state index in [-0.39, 0.29) is 46.3 Å². The van der Waals surface area contributed by atoms with Gasteiger partial charge in [0, 0.05) is 18.0 Å². The molecule has 2 atom stereocenters. The molecule has 5 aromatic rings. The maximum Gasteiger partial charge on any atom is 0.415 e. The van der Waals surface area contributed by atoms with Gasteiger partial charge in [-0.15, -0.1) is 0 Å². The van der Waals surface area contributed by atoms with Gasteiger partial charge in [-0.1, -0.05) is 71.7 Å². The van der Waals surface area contributed by atoms with Crippen molar-refractivity contribution in [3.8, 4) is 22.6 Å². The van der Waals surface area contributed by atoms with E-state index in [4.69, 9.17) is 37.4 Å². The fourth-order valence-electron chi connectivity index (χ4n) is 7.94. The lowest BCUT2D eigenvalue weighted by Gasteiger charge is -2.44. The van der Waals surface area contributed by atoms with Gasteiger partial charge in [0.05, 0.1) is 32.0 Å². The number of hydrogen-bond acceptors (Lipinski definition) is 7. The van der Waals surface area contributed by atoms with Crippen LogP contribution >= 0.6 is 23.2 Å². The number of halogens is 3. The van der Waals surface area contributed by atoms with Gasteiger partial charge in [0.25, 0.3) is 0 Å². The van der Waals surface area contributed by atoms with Crippen LogP contribution in [0.3, 0.4) is 0 Å². The molecule has 10 nitrogen and oxygen atoms in total. The average molecular weight is 801 g/mol. The molecule has 0 spiro atoms. The van der Waals surface area contributed by atoms with E-state index in [1.54, 1.807) is 36.4 Å². The van der Waals surface area contributed by atoms with E-state index in [0.29, 0.717) is 56.2 Å². The van der Waals surface area contributed by atoms with Gasteiger partial charge in [-0.05, 0) is 102 Å². The zero-order valence-corrected chi connectivity index (χ0v) is 32.3. The summed E-state index contributed by atoms with van der Waals surface area (Å²) >= 11 is 13.2. The summed E-state index contributed by atoms with van der Waals surface area (Å²) in [7, 11) is 3.03. The predicted molar refractivity (Wildman–Crippen MR) is 211 cm³/mol. The predicted octanol–water partition coefficient (Wildman–Crippen LogP) is 8.76. The van der Waals surface area contributed by atoms with Crippen molar-refractivity contribution in [2.75, 3.05) is 38.8 Å². The maximum absolute atomic E-state index is 15.4. The van der Waals surface area contributed by atoms with E-state index in [2.05, 4.69) is 4.90 Å². The van der Waals surface area contributed by atoms with E-state index in [0.717, 1.165) is 25.9 Å². The number of hydrogen-bond donors (Lipinski definition) is 1. The molecule has 3 fully saturated rings. The molecule has 2 bridgehead atoms. The SMILES string of the molecule is COc1ccc([C@H](Cc2c(Cl)c[n+]([O-])cc2Cl)c2c(C(=O)O)cccc2-c2cccc(CN(C(=O)O[C@H]3CN4CCC3CC4)c3ccccc3F)c2)cc1OC. The minimum atomic E-state index is -1.16. The zero-order chi connectivity index (χ0) is 39.5. The first-order valence-corrected chi connectivity index (χ1v) is 19.0. The average Bonchev–Trinajstić information content (AvgIpc) is 3.20. The van der Waals surface area contributed by atoms with Crippen LogP contribution in [0.4, 0.5) is 14.9 Å². The van der Waals surface area contributed by atoms with E-state index in [1.165, 1.54) is 43.6 Å². The molecule has 0 radical (unpaired) electrons. The monoisotopic (exact) mass is 799 g/mol. The lowest BCUT2D eigenvalue weighted by Crippen LogP contribution is -2.53. The number of anilines is 1. The van der Waals surface area contributed by atoms with Crippen molar-refractivity contribution in [3.05, 3.63) is 146 Å². The van der Waals surface area contributed by atoms with E-state index in [9.17, 15) is 19.9 Å². The number of fused-ring (bicyclic) bond motifs is 3. The number of methoxy groups -OCH3 is 2. The summed E-state index contributed by atoms with van der Waals surface area (Å²) in [6.07, 6.45) is 3.47. The number of carbonyl (C=O) groups excluding carboxylic acids is 1. The lowest BCUT2D eigenvalue weighted by atomic mass is 9.79. The second-order valence-corrected chi connectivity index (χ2v) is 14.8. The first-order chi connectivity index (χ1) is 27.0. The number of para-hydroxylation sites is 1. The molecule has 0 unspecified atom stereocenters. The number of carbonyl (C=O) groups is 2. The number of aromatic nitrogens is 1. The van der Waals surface area contributed by atoms with Crippen LogP contribution in [-0.2, 0) is 17.7 Å². The van der Waals surface area contributed by atoms with Crippen molar-refractivity contribution in [2.45, 2.75) is 37.8 Å². The van der Waals surface area contributed by atoms with Crippen LogP contribution in [0, 0.1) is 16.9 Å². The Bertz CT molecular complexity index is 2240. The molecule has 3 aliphatic rings. The van der Waals surface area contributed by atoms with Crippen LogP contribution in [0.2, 0.25) is 10.0 Å². The van der Waals surface area contributed by atoms with Gasteiger partial charge in [0.15, 0.2) is 23.9 Å². The Balaban J connectivity index is 1.32. The second-order valence-electron chi connectivity index (χ2n) is 14.0. The van der Waals surface area contributed by atoms with Gasteiger partial charge in [-0.25, -0.2) is 14.0 Å². The molecule has 56 heavy (non-hydrogen) atoms. The number of carboxylic acids is 1. The molecule has 1 aromatic heterocycles. The van der Waals surface area contributed by atoms with Gasteiger partial charge in [-0.2, -0.15) is 4.73 Å². The number of nitrogens with zero attached hydrogens (tertiary/aromatic N) is 3. The highest BCUT2D eigenvalue weighted by atomic mass is 35.5. The number of piperidine rings is 3. The Labute approximate surface area is 334 Å². The molecular weight excluding hydrogens is 760 g/mol. The summed E-state index contributed by atoms with van der Waals surface area (Å²) in [6, 6.07) is 23.8. The Morgan fingerprint density at radius 3 is 2.32 bits per heavy atom. The van der Waals surface area contributed by atoms with Crippen LogP contribution in [0.25, 0.3) is 11.1 Å².